The predicted molar refractivity (Wildman–Crippen MR) is 120 cm³/mol. The van der Waals surface area contributed by atoms with Gasteiger partial charge in [0.15, 0.2) is 0 Å². The van der Waals surface area contributed by atoms with E-state index in [0.29, 0.717) is 16.6 Å². The fraction of sp³-hybridized carbons (Fsp3) is 0.167. The van der Waals surface area contributed by atoms with Crippen LogP contribution in [0.3, 0.4) is 0 Å². The molecule has 4 aromatic rings. The summed E-state index contributed by atoms with van der Waals surface area (Å²) < 4.78 is 7.76. The first-order valence-electron chi connectivity index (χ1n) is 9.70. The molecule has 1 N–H and O–H groups in total. The highest BCUT2D eigenvalue weighted by atomic mass is 35.5. The van der Waals surface area contributed by atoms with Crippen LogP contribution in [0.2, 0.25) is 5.02 Å². The van der Waals surface area contributed by atoms with Gasteiger partial charge in [-0.3, -0.25) is 4.79 Å². The Hall–Kier alpha value is -3.31. The molecule has 0 spiro atoms. The number of carbonyl (C=O) groups excluding carboxylic acids is 1. The number of fused-ring (bicyclic) bond motifs is 1. The van der Waals surface area contributed by atoms with Gasteiger partial charge in [-0.15, -0.1) is 0 Å². The lowest BCUT2D eigenvalue weighted by molar-refractivity contribution is -0.116. The van der Waals surface area contributed by atoms with Crippen LogP contribution in [0.4, 0.5) is 5.69 Å². The predicted octanol–water partition coefficient (Wildman–Crippen LogP) is 5.52. The van der Waals surface area contributed by atoms with E-state index < -0.39 is 0 Å². The first kappa shape index (κ1) is 20.0. The number of para-hydroxylation sites is 3. The molecule has 0 saturated heterocycles. The van der Waals surface area contributed by atoms with Gasteiger partial charge in [-0.05, 0) is 49.7 Å². The number of nitrogens with one attached hydrogen (secondary N) is 1. The topological polar surface area (TPSA) is 56.2 Å². The molecule has 4 rings (SSSR count). The van der Waals surface area contributed by atoms with Crippen molar-refractivity contribution in [3.63, 3.8) is 0 Å². The third kappa shape index (κ3) is 4.31. The number of imidazole rings is 1. The van der Waals surface area contributed by atoms with Crippen molar-refractivity contribution in [3.05, 3.63) is 88.7 Å². The molecular formula is C24H22ClN3O2. The minimum Gasteiger partial charge on any atom is -0.484 e. The summed E-state index contributed by atoms with van der Waals surface area (Å²) in [5.74, 6) is 1.12. The van der Waals surface area contributed by atoms with Gasteiger partial charge >= 0.3 is 0 Å². The van der Waals surface area contributed by atoms with E-state index in [1.54, 1.807) is 6.07 Å². The van der Waals surface area contributed by atoms with Gasteiger partial charge in [0.1, 0.15) is 24.7 Å². The highest BCUT2D eigenvalue weighted by Gasteiger charge is 2.15. The first-order chi connectivity index (χ1) is 14.5. The molecular weight excluding hydrogens is 398 g/mol. The Balaban J connectivity index is 1.58. The number of hydrogen-bond donors (Lipinski definition) is 1. The van der Waals surface area contributed by atoms with Crippen molar-refractivity contribution in [1.82, 2.24) is 9.55 Å². The summed E-state index contributed by atoms with van der Waals surface area (Å²) in [4.78, 5) is 17.5. The molecule has 5 nitrogen and oxygen atoms in total. The van der Waals surface area contributed by atoms with E-state index in [4.69, 9.17) is 16.3 Å². The summed E-state index contributed by atoms with van der Waals surface area (Å²) in [6, 6.07) is 21.0. The average Bonchev–Trinajstić information content (AvgIpc) is 3.07. The molecule has 3 aromatic carbocycles. The number of halogens is 1. The molecule has 0 aliphatic heterocycles. The zero-order valence-electron chi connectivity index (χ0n) is 16.9. The van der Waals surface area contributed by atoms with Crippen LogP contribution in [0.5, 0.6) is 5.75 Å². The molecule has 152 valence electrons. The number of aromatic nitrogens is 2. The van der Waals surface area contributed by atoms with Gasteiger partial charge in [0, 0.05) is 5.69 Å². The number of nitrogens with zero attached hydrogens (tertiary/aromatic N) is 2. The van der Waals surface area contributed by atoms with Crippen LogP contribution in [0, 0.1) is 13.8 Å². The van der Waals surface area contributed by atoms with Crippen LogP contribution in [-0.4, -0.2) is 15.5 Å². The summed E-state index contributed by atoms with van der Waals surface area (Å²) in [6.07, 6.45) is 0. The lowest BCUT2D eigenvalue weighted by Crippen LogP contribution is -2.21. The maximum Gasteiger partial charge on any atom is 0.244 e. The standard InChI is InChI=1S/C24H22ClN3O2/c1-16-11-12-19(17(2)13-16)27-24(29)14-28-21-9-5-4-8-20(21)26-23(28)15-30-22-10-6-3-7-18(22)25/h3-13H,14-15H2,1-2H3,(H,27,29). The van der Waals surface area contributed by atoms with Crippen LogP contribution < -0.4 is 10.1 Å². The Labute approximate surface area is 180 Å². The normalized spacial score (nSPS) is 10.9. The zero-order valence-corrected chi connectivity index (χ0v) is 17.6. The summed E-state index contributed by atoms with van der Waals surface area (Å²) in [5, 5.41) is 3.54. The Kier molecular flexibility index (Phi) is 5.72. The molecule has 0 atom stereocenters. The second-order valence-corrected chi connectivity index (χ2v) is 7.60. The van der Waals surface area contributed by atoms with E-state index in [1.807, 2.05) is 79.1 Å². The van der Waals surface area contributed by atoms with Crippen LogP contribution in [0.15, 0.2) is 66.7 Å². The molecule has 0 unspecified atom stereocenters. The highest BCUT2D eigenvalue weighted by molar-refractivity contribution is 6.32. The van der Waals surface area contributed by atoms with Crippen molar-refractivity contribution in [2.24, 2.45) is 0 Å². The highest BCUT2D eigenvalue weighted by Crippen LogP contribution is 2.25. The monoisotopic (exact) mass is 419 g/mol. The van der Waals surface area contributed by atoms with Crippen molar-refractivity contribution in [2.45, 2.75) is 27.0 Å². The van der Waals surface area contributed by atoms with E-state index >= 15 is 0 Å². The van der Waals surface area contributed by atoms with Gasteiger partial charge in [-0.25, -0.2) is 4.98 Å². The average molecular weight is 420 g/mol. The van der Waals surface area contributed by atoms with Gasteiger partial charge in [0.2, 0.25) is 5.91 Å². The fourth-order valence-corrected chi connectivity index (χ4v) is 3.59. The molecule has 0 bridgehead atoms. The summed E-state index contributed by atoms with van der Waals surface area (Å²) in [5.41, 5.74) is 4.69. The molecule has 1 heterocycles. The largest absolute Gasteiger partial charge is 0.484 e. The Morgan fingerprint density at radius 1 is 1.07 bits per heavy atom. The maximum absolute atomic E-state index is 12.8. The quantitative estimate of drug-likeness (QED) is 0.447. The number of anilines is 1. The van der Waals surface area contributed by atoms with Crippen molar-refractivity contribution in [1.29, 1.82) is 0 Å². The molecule has 0 saturated carbocycles. The number of aryl methyl sites for hydroxylation is 2. The van der Waals surface area contributed by atoms with Crippen LogP contribution >= 0.6 is 11.6 Å². The van der Waals surface area contributed by atoms with Crippen molar-refractivity contribution in [3.8, 4) is 5.75 Å². The van der Waals surface area contributed by atoms with E-state index in [1.165, 1.54) is 0 Å². The zero-order chi connectivity index (χ0) is 21.1. The molecule has 0 aliphatic rings. The van der Waals surface area contributed by atoms with Gasteiger partial charge in [0.25, 0.3) is 0 Å². The van der Waals surface area contributed by atoms with Gasteiger partial charge in [-0.1, -0.05) is 53.6 Å². The second kappa shape index (κ2) is 8.59. The van der Waals surface area contributed by atoms with Crippen LogP contribution in [-0.2, 0) is 17.9 Å². The van der Waals surface area contributed by atoms with E-state index in [-0.39, 0.29) is 19.1 Å². The Morgan fingerprint density at radius 2 is 1.83 bits per heavy atom. The number of amides is 1. The summed E-state index contributed by atoms with van der Waals surface area (Å²) in [6.45, 7) is 4.35. The lowest BCUT2D eigenvalue weighted by atomic mass is 10.1. The van der Waals surface area contributed by atoms with Crippen molar-refractivity contribution < 1.29 is 9.53 Å². The lowest BCUT2D eigenvalue weighted by Gasteiger charge is -2.13. The van der Waals surface area contributed by atoms with Gasteiger partial charge < -0.3 is 14.6 Å². The minimum atomic E-state index is -0.121. The second-order valence-electron chi connectivity index (χ2n) is 7.19. The Morgan fingerprint density at radius 3 is 2.63 bits per heavy atom. The number of hydrogen-bond acceptors (Lipinski definition) is 3. The van der Waals surface area contributed by atoms with Crippen molar-refractivity contribution >= 4 is 34.2 Å². The Bertz CT molecular complexity index is 1220. The molecule has 1 amide bonds. The van der Waals surface area contributed by atoms with Gasteiger partial charge in [0.05, 0.1) is 16.1 Å². The third-order valence-corrected chi connectivity index (χ3v) is 5.20. The number of carbonyl (C=O) groups is 1. The van der Waals surface area contributed by atoms with Crippen LogP contribution in [0.25, 0.3) is 11.0 Å². The number of ether oxygens (including phenoxy) is 1. The van der Waals surface area contributed by atoms with Crippen molar-refractivity contribution in [2.75, 3.05) is 5.32 Å². The smallest absolute Gasteiger partial charge is 0.244 e. The molecule has 0 aliphatic carbocycles. The van der Waals surface area contributed by atoms with E-state index in [0.717, 1.165) is 27.8 Å². The molecule has 1 aromatic heterocycles. The maximum atomic E-state index is 12.8. The van der Waals surface area contributed by atoms with E-state index in [9.17, 15) is 4.79 Å². The SMILES string of the molecule is Cc1ccc(NC(=O)Cn2c(COc3ccccc3Cl)nc3ccccc32)c(C)c1. The summed E-state index contributed by atoms with van der Waals surface area (Å²) >= 11 is 6.19. The fourth-order valence-electron chi connectivity index (χ4n) is 3.40. The van der Waals surface area contributed by atoms with Crippen LogP contribution in [0.1, 0.15) is 17.0 Å². The number of benzene rings is 3. The molecule has 6 heteroatoms. The number of rotatable bonds is 6. The minimum absolute atomic E-state index is 0.121. The third-order valence-electron chi connectivity index (χ3n) is 4.88. The first-order valence-corrected chi connectivity index (χ1v) is 10.1. The summed E-state index contributed by atoms with van der Waals surface area (Å²) in [7, 11) is 0. The van der Waals surface area contributed by atoms with E-state index in [2.05, 4.69) is 10.3 Å². The molecule has 0 fully saturated rings. The molecule has 30 heavy (non-hydrogen) atoms. The molecule has 0 radical (unpaired) electrons. The van der Waals surface area contributed by atoms with Gasteiger partial charge in [-0.2, -0.15) is 0 Å².